The fourth-order valence-electron chi connectivity index (χ4n) is 10.1. The first-order valence-corrected chi connectivity index (χ1v) is 41.2. The maximum atomic E-state index is 12.9. The zero-order valence-electron chi connectivity index (χ0n) is 61.0. The number of aliphatic hydroxyl groups is 2. The Balaban J connectivity index is 4.35. The smallest absolute Gasteiger partial charge is 0.463 e. The molecule has 0 saturated carbocycles. The highest BCUT2D eigenvalue weighted by atomic mass is 31.2. The van der Waals surface area contributed by atoms with Crippen molar-refractivity contribution >= 4 is 33.6 Å². The van der Waals surface area contributed by atoms with Crippen LogP contribution in [-0.4, -0.2) is 95.9 Å². The first kappa shape index (κ1) is 93.2. The Kier molecular flexibility index (Phi) is 69.2. The second kappa shape index (κ2) is 72.0. The van der Waals surface area contributed by atoms with Crippen LogP contribution < -0.4 is 0 Å². The largest absolute Gasteiger partial charge is 0.472 e. The Morgan fingerprint density at radius 2 is 0.557 bits per heavy atom. The van der Waals surface area contributed by atoms with Gasteiger partial charge in [-0.3, -0.25) is 32.5 Å². The summed E-state index contributed by atoms with van der Waals surface area (Å²) in [6, 6.07) is 0. The number of phosphoric ester groups is 2. The van der Waals surface area contributed by atoms with Crippen molar-refractivity contribution < 1.29 is 75.8 Å². The van der Waals surface area contributed by atoms with E-state index in [0.29, 0.717) is 19.3 Å². The maximum Gasteiger partial charge on any atom is 0.472 e. The summed E-state index contributed by atoms with van der Waals surface area (Å²) in [6.07, 6.45) is 83.2. The molecule has 5 unspecified atom stereocenters. The van der Waals surface area contributed by atoms with Gasteiger partial charge in [0.25, 0.3) is 0 Å². The Morgan fingerprint density at radius 1 is 0.299 bits per heavy atom. The highest BCUT2D eigenvalue weighted by Gasteiger charge is 2.29. The quantitative estimate of drug-likeness (QED) is 0.0146. The van der Waals surface area contributed by atoms with Crippen molar-refractivity contribution in [2.75, 3.05) is 39.6 Å². The molecule has 0 fully saturated rings. The summed E-state index contributed by atoms with van der Waals surface area (Å²) in [5.41, 5.74) is 0. The Labute approximate surface area is 590 Å². The molecule has 0 aromatic heterocycles. The monoisotopic (exact) mass is 1400 g/mol. The molecular weight excluding hydrogens is 1270 g/mol. The van der Waals surface area contributed by atoms with E-state index in [4.69, 9.17) is 32.3 Å². The third-order valence-electron chi connectivity index (χ3n) is 16.0. The molecule has 5 atom stereocenters. The maximum absolute atomic E-state index is 12.9. The van der Waals surface area contributed by atoms with Crippen molar-refractivity contribution in [1.82, 2.24) is 0 Å². The normalized spacial score (nSPS) is 14.7. The number of carbonyl (C=O) groups is 3. The van der Waals surface area contributed by atoms with Crippen molar-refractivity contribution in [2.45, 2.75) is 334 Å². The molecular formula is C79H138O16P2. The molecule has 0 heterocycles. The average Bonchev–Trinajstić information content (AvgIpc) is 2.60. The van der Waals surface area contributed by atoms with Gasteiger partial charge in [0.15, 0.2) is 6.10 Å². The van der Waals surface area contributed by atoms with Crippen molar-refractivity contribution in [1.29, 1.82) is 0 Å². The molecule has 0 spiro atoms. The molecule has 0 bridgehead atoms. The molecule has 97 heavy (non-hydrogen) atoms. The fraction of sp³-hybridized carbons (Fsp3) is 0.734. The van der Waals surface area contributed by atoms with Gasteiger partial charge < -0.3 is 34.2 Å². The van der Waals surface area contributed by atoms with Crippen LogP contribution in [0.25, 0.3) is 0 Å². The average molecular weight is 1410 g/mol. The lowest BCUT2D eigenvalue weighted by Crippen LogP contribution is -2.30. The second-order valence-corrected chi connectivity index (χ2v) is 28.3. The van der Waals surface area contributed by atoms with Crippen molar-refractivity contribution in [3.8, 4) is 0 Å². The van der Waals surface area contributed by atoms with Crippen LogP contribution in [0.2, 0.25) is 0 Å². The van der Waals surface area contributed by atoms with Crippen LogP contribution in [0.15, 0.2) is 109 Å². The number of carbonyl (C=O) groups excluding carboxylic acids is 3. The Bertz CT molecular complexity index is 2200. The van der Waals surface area contributed by atoms with Gasteiger partial charge >= 0.3 is 33.6 Å². The van der Waals surface area contributed by atoms with E-state index in [9.17, 15) is 43.5 Å². The van der Waals surface area contributed by atoms with E-state index in [-0.39, 0.29) is 19.3 Å². The summed E-state index contributed by atoms with van der Waals surface area (Å²) in [4.78, 5) is 58.4. The SMILES string of the molecule is CC/C=C\C/C=C\C/C=C\C/C=C\CCCCCCC(=O)OCC(COP(=O)(O)OCC(O)COP(=O)(O)OCC(O)COC(=O)CCCCCCCCCCCCCCCCCCC/C=C\C/C=C\C/C=C\C/C=C\CCCCC)OC(=O)CCCCCCC/C=C\CCCC. The molecule has 0 aromatic carbocycles. The minimum Gasteiger partial charge on any atom is -0.463 e. The van der Waals surface area contributed by atoms with Gasteiger partial charge in [0.05, 0.1) is 26.4 Å². The van der Waals surface area contributed by atoms with Gasteiger partial charge in [-0.05, 0) is 122 Å². The highest BCUT2D eigenvalue weighted by Crippen LogP contribution is 2.45. The van der Waals surface area contributed by atoms with Gasteiger partial charge in [-0.1, -0.05) is 284 Å². The lowest BCUT2D eigenvalue weighted by Gasteiger charge is -2.21. The third-order valence-corrected chi connectivity index (χ3v) is 17.9. The molecule has 0 aliphatic heterocycles. The van der Waals surface area contributed by atoms with Gasteiger partial charge in [0, 0.05) is 19.3 Å². The van der Waals surface area contributed by atoms with Crippen LogP contribution in [-0.2, 0) is 55.8 Å². The highest BCUT2D eigenvalue weighted by molar-refractivity contribution is 7.47. The molecule has 0 radical (unpaired) electrons. The fourth-order valence-corrected chi connectivity index (χ4v) is 11.7. The molecule has 560 valence electrons. The van der Waals surface area contributed by atoms with Crippen molar-refractivity contribution in [3.63, 3.8) is 0 Å². The number of hydrogen-bond donors (Lipinski definition) is 4. The third kappa shape index (κ3) is 73.3. The zero-order chi connectivity index (χ0) is 70.9. The lowest BCUT2D eigenvalue weighted by atomic mass is 10.0. The van der Waals surface area contributed by atoms with Gasteiger partial charge in [-0.25, -0.2) is 9.13 Å². The van der Waals surface area contributed by atoms with E-state index >= 15 is 0 Å². The zero-order valence-corrected chi connectivity index (χ0v) is 62.8. The first-order chi connectivity index (χ1) is 47.2. The molecule has 0 aromatic rings. The summed E-state index contributed by atoms with van der Waals surface area (Å²) >= 11 is 0. The van der Waals surface area contributed by atoms with Crippen molar-refractivity contribution in [3.05, 3.63) is 109 Å². The molecule has 0 aliphatic rings. The minimum atomic E-state index is -4.93. The van der Waals surface area contributed by atoms with Crippen LogP contribution in [0, 0.1) is 0 Å². The second-order valence-electron chi connectivity index (χ2n) is 25.4. The van der Waals surface area contributed by atoms with Gasteiger partial charge in [0.2, 0.25) is 0 Å². The Hall–Kier alpha value is -3.79. The van der Waals surface area contributed by atoms with Gasteiger partial charge in [0.1, 0.15) is 25.4 Å². The number of unbranched alkanes of at least 4 members (excludes halogenated alkanes) is 31. The number of hydrogen-bond acceptors (Lipinski definition) is 14. The summed E-state index contributed by atoms with van der Waals surface area (Å²) in [6.45, 7) is 2.46. The molecule has 0 aliphatic carbocycles. The number of rotatable bonds is 72. The van der Waals surface area contributed by atoms with E-state index in [1.165, 1.54) is 128 Å². The lowest BCUT2D eigenvalue weighted by molar-refractivity contribution is -0.161. The number of allylic oxidation sites excluding steroid dienone is 18. The van der Waals surface area contributed by atoms with Gasteiger partial charge in [-0.15, -0.1) is 0 Å². The first-order valence-electron chi connectivity index (χ1n) is 38.2. The van der Waals surface area contributed by atoms with Crippen LogP contribution >= 0.6 is 15.6 Å². The van der Waals surface area contributed by atoms with E-state index in [1.807, 2.05) is 0 Å². The number of phosphoric acid groups is 2. The van der Waals surface area contributed by atoms with Crippen LogP contribution in [0.1, 0.15) is 316 Å². The summed E-state index contributed by atoms with van der Waals surface area (Å²) in [5, 5.41) is 20.6. The summed E-state index contributed by atoms with van der Waals surface area (Å²) in [5.74, 6) is -1.61. The predicted molar refractivity (Wildman–Crippen MR) is 399 cm³/mol. The summed E-state index contributed by atoms with van der Waals surface area (Å²) < 4.78 is 60.9. The minimum absolute atomic E-state index is 0.0876. The molecule has 0 saturated heterocycles. The molecule has 0 rings (SSSR count). The molecule has 4 N–H and O–H groups in total. The summed E-state index contributed by atoms with van der Waals surface area (Å²) in [7, 11) is -9.78. The molecule has 0 amide bonds. The number of esters is 3. The number of aliphatic hydroxyl groups excluding tert-OH is 2. The predicted octanol–water partition coefficient (Wildman–Crippen LogP) is 22.0. The Morgan fingerprint density at radius 3 is 0.907 bits per heavy atom. The topological polar surface area (TPSA) is 231 Å². The number of ether oxygens (including phenoxy) is 3. The van der Waals surface area contributed by atoms with E-state index in [0.717, 1.165) is 128 Å². The molecule has 18 heteroatoms. The van der Waals surface area contributed by atoms with E-state index in [2.05, 4.69) is 130 Å². The van der Waals surface area contributed by atoms with Crippen molar-refractivity contribution in [2.24, 2.45) is 0 Å². The van der Waals surface area contributed by atoms with Crippen LogP contribution in [0.3, 0.4) is 0 Å². The van der Waals surface area contributed by atoms with Crippen LogP contribution in [0.5, 0.6) is 0 Å². The standard InChI is InChI=1S/C79H138O16P2/c1-4-7-10-13-16-19-22-24-26-28-29-30-31-32-33-34-35-36-37-38-39-40-41-42-43-45-47-48-51-53-56-59-62-65-77(82)89-68-74(80)69-91-96(85,86)92-70-75(81)71-93-97(87,88)94-73-76(95-79(84)67-64-61-58-55-50-21-18-15-12-9-6-3)72-90-78(83)66-63-60-57-54-52-49-46-44-27-25-23-20-17-14-11-8-5-2/h8,11,15-20,24-27,29-30,32-33,46,49,74-76,80-81H,4-7,9-10,12-14,21-23,28,31,34-45,47-48,50-73H2,1-3H3,(H,85,86)(H,87,88)/b11-8-,18-15-,19-16-,20-17-,26-24-,27-25-,30-29-,33-32-,49-46-. The van der Waals surface area contributed by atoms with E-state index < -0.39 is 91.5 Å². The molecule has 16 nitrogen and oxygen atoms in total. The van der Waals surface area contributed by atoms with Crippen LogP contribution in [0.4, 0.5) is 0 Å². The van der Waals surface area contributed by atoms with Gasteiger partial charge in [-0.2, -0.15) is 0 Å². The van der Waals surface area contributed by atoms with E-state index in [1.54, 1.807) is 0 Å².